The SMILES string of the molecule is CN=C(NCCNC(=O)c1cccc(Br)c1)NCC1CC1.I. The van der Waals surface area contributed by atoms with Crippen molar-refractivity contribution in [3.05, 3.63) is 34.3 Å². The quantitative estimate of drug-likeness (QED) is 0.253. The first-order chi connectivity index (χ1) is 10.2. The van der Waals surface area contributed by atoms with Gasteiger partial charge in [-0.15, -0.1) is 24.0 Å². The van der Waals surface area contributed by atoms with Gasteiger partial charge >= 0.3 is 0 Å². The summed E-state index contributed by atoms with van der Waals surface area (Å²) in [5.41, 5.74) is 0.653. The lowest BCUT2D eigenvalue weighted by Crippen LogP contribution is -2.42. The Hall–Kier alpha value is -0.830. The Balaban J connectivity index is 0.00000242. The van der Waals surface area contributed by atoms with Gasteiger partial charge in [0.1, 0.15) is 0 Å². The lowest BCUT2D eigenvalue weighted by molar-refractivity contribution is 0.0954. The largest absolute Gasteiger partial charge is 0.356 e. The highest BCUT2D eigenvalue weighted by Crippen LogP contribution is 2.27. The number of hydrogen-bond donors (Lipinski definition) is 3. The molecule has 0 aliphatic heterocycles. The molecule has 1 saturated carbocycles. The van der Waals surface area contributed by atoms with Gasteiger partial charge in [0, 0.05) is 36.7 Å². The first kappa shape index (κ1) is 19.2. The third-order valence-corrected chi connectivity index (χ3v) is 3.76. The van der Waals surface area contributed by atoms with Gasteiger partial charge < -0.3 is 16.0 Å². The van der Waals surface area contributed by atoms with E-state index in [1.807, 2.05) is 12.1 Å². The number of carbonyl (C=O) groups is 1. The minimum Gasteiger partial charge on any atom is -0.356 e. The predicted molar refractivity (Wildman–Crippen MR) is 104 cm³/mol. The van der Waals surface area contributed by atoms with Crippen LogP contribution >= 0.6 is 39.9 Å². The van der Waals surface area contributed by atoms with Gasteiger partial charge in [0.25, 0.3) is 5.91 Å². The van der Waals surface area contributed by atoms with E-state index in [-0.39, 0.29) is 29.9 Å². The molecule has 122 valence electrons. The standard InChI is InChI=1S/C15H21BrN4O.HI/c1-17-15(20-10-11-5-6-11)19-8-7-18-14(21)12-3-2-4-13(16)9-12;/h2-4,9,11H,5-8,10H2,1H3,(H,18,21)(H2,17,19,20);1H. The van der Waals surface area contributed by atoms with Crippen LogP contribution in [0.2, 0.25) is 0 Å². The van der Waals surface area contributed by atoms with Crippen LogP contribution in [0.3, 0.4) is 0 Å². The highest BCUT2D eigenvalue weighted by atomic mass is 127. The first-order valence-electron chi connectivity index (χ1n) is 7.17. The fourth-order valence-electron chi connectivity index (χ4n) is 1.87. The van der Waals surface area contributed by atoms with Crippen molar-refractivity contribution in [3.63, 3.8) is 0 Å². The molecule has 0 unspecified atom stereocenters. The summed E-state index contributed by atoms with van der Waals surface area (Å²) in [5.74, 6) is 1.53. The van der Waals surface area contributed by atoms with Gasteiger partial charge in [0.2, 0.25) is 0 Å². The Morgan fingerprint density at radius 3 is 2.64 bits per heavy atom. The number of benzene rings is 1. The van der Waals surface area contributed by atoms with E-state index in [4.69, 9.17) is 0 Å². The van der Waals surface area contributed by atoms with E-state index in [9.17, 15) is 4.79 Å². The number of amides is 1. The number of aliphatic imine (C=N–C) groups is 1. The van der Waals surface area contributed by atoms with Gasteiger partial charge in [-0.3, -0.25) is 9.79 Å². The molecule has 5 nitrogen and oxygen atoms in total. The van der Waals surface area contributed by atoms with Crippen molar-refractivity contribution in [2.24, 2.45) is 10.9 Å². The zero-order chi connectivity index (χ0) is 15.1. The molecular weight excluding hydrogens is 459 g/mol. The summed E-state index contributed by atoms with van der Waals surface area (Å²) in [6, 6.07) is 7.34. The molecule has 0 spiro atoms. The van der Waals surface area contributed by atoms with Crippen LogP contribution in [0.15, 0.2) is 33.7 Å². The van der Waals surface area contributed by atoms with E-state index in [0.717, 1.165) is 22.9 Å². The van der Waals surface area contributed by atoms with Gasteiger partial charge in [-0.05, 0) is 37.0 Å². The van der Waals surface area contributed by atoms with Crippen molar-refractivity contribution in [1.82, 2.24) is 16.0 Å². The van der Waals surface area contributed by atoms with E-state index in [0.29, 0.717) is 18.7 Å². The molecule has 1 aromatic carbocycles. The number of nitrogens with zero attached hydrogens (tertiary/aromatic N) is 1. The third-order valence-electron chi connectivity index (χ3n) is 3.27. The summed E-state index contributed by atoms with van der Waals surface area (Å²) in [5, 5.41) is 9.34. The van der Waals surface area contributed by atoms with Gasteiger partial charge in [-0.2, -0.15) is 0 Å². The zero-order valence-corrected chi connectivity index (χ0v) is 16.5. The Morgan fingerprint density at radius 1 is 1.27 bits per heavy atom. The average Bonchev–Trinajstić information content (AvgIpc) is 3.30. The van der Waals surface area contributed by atoms with Gasteiger partial charge in [-0.25, -0.2) is 0 Å². The number of nitrogens with one attached hydrogen (secondary N) is 3. The minimum absolute atomic E-state index is 0. The summed E-state index contributed by atoms with van der Waals surface area (Å²) in [4.78, 5) is 16.1. The number of carbonyl (C=O) groups excluding carboxylic acids is 1. The monoisotopic (exact) mass is 480 g/mol. The zero-order valence-electron chi connectivity index (χ0n) is 12.6. The molecule has 1 aliphatic rings. The second-order valence-corrected chi connectivity index (χ2v) is 6.01. The minimum atomic E-state index is -0.0703. The smallest absolute Gasteiger partial charge is 0.251 e. The molecule has 0 radical (unpaired) electrons. The fourth-order valence-corrected chi connectivity index (χ4v) is 2.27. The van der Waals surface area contributed by atoms with Gasteiger partial charge in [0.15, 0.2) is 5.96 Å². The number of rotatable bonds is 6. The van der Waals surface area contributed by atoms with Crippen LogP contribution in [0.1, 0.15) is 23.2 Å². The molecule has 0 atom stereocenters. The van der Waals surface area contributed by atoms with Crippen LogP contribution in [-0.2, 0) is 0 Å². The highest BCUT2D eigenvalue weighted by Gasteiger charge is 2.20. The Kier molecular flexibility index (Phi) is 8.77. The summed E-state index contributed by atoms with van der Waals surface area (Å²) >= 11 is 3.36. The predicted octanol–water partition coefficient (Wildman–Crippen LogP) is 2.37. The van der Waals surface area contributed by atoms with Crippen LogP contribution in [0.25, 0.3) is 0 Å². The molecule has 7 heteroatoms. The number of halogens is 2. The lowest BCUT2D eigenvalue weighted by atomic mass is 10.2. The maximum atomic E-state index is 11.9. The van der Waals surface area contributed by atoms with E-state index >= 15 is 0 Å². The molecule has 1 amide bonds. The van der Waals surface area contributed by atoms with E-state index in [1.165, 1.54) is 12.8 Å². The van der Waals surface area contributed by atoms with Crippen molar-refractivity contribution in [2.45, 2.75) is 12.8 Å². The Labute approximate surface area is 156 Å². The molecule has 1 aliphatic carbocycles. The molecule has 2 rings (SSSR count). The second kappa shape index (κ2) is 10.0. The Bertz CT molecular complexity index is 520. The van der Waals surface area contributed by atoms with Crippen molar-refractivity contribution in [2.75, 3.05) is 26.7 Å². The van der Waals surface area contributed by atoms with E-state index in [2.05, 4.69) is 36.9 Å². The summed E-state index contributed by atoms with van der Waals surface area (Å²) < 4.78 is 0.901. The van der Waals surface area contributed by atoms with Crippen LogP contribution < -0.4 is 16.0 Å². The van der Waals surface area contributed by atoms with Crippen LogP contribution in [0, 0.1) is 5.92 Å². The third kappa shape index (κ3) is 6.95. The van der Waals surface area contributed by atoms with Gasteiger partial charge in [0.05, 0.1) is 0 Å². The molecule has 0 heterocycles. The van der Waals surface area contributed by atoms with Crippen molar-refractivity contribution >= 4 is 51.8 Å². The topological polar surface area (TPSA) is 65.5 Å². The molecular formula is C15H22BrIN4O. The van der Waals surface area contributed by atoms with Crippen LogP contribution in [-0.4, -0.2) is 38.5 Å². The second-order valence-electron chi connectivity index (χ2n) is 5.09. The molecule has 3 N–H and O–H groups in total. The van der Waals surface area contributed by atoms with Gasteiger partial charge in [-0.1, -0.05) is 22.0 Å². The van der Waals surface area contributed by atoms with E-state index < -0.39 is 0 Å². The average molecular weight is 481 g/mol. The first-order valence-corrected chi connectivity index (χ1v) is 7.96. The fraction of sp³-hybridized carbons (Fsp3) is 0.467. The van der Waals surface area contributed by atoms with Crippen LogP contribution in [0.5, 0.6) is 0 Å². The molecule has 0 bridgehead atoms. The van der Waals surface area contributed by atoms with E-state index in [1.54, 1.807) is 19.2 Å². The molecule has 0 saturated heterocycles. The maximum Gasteiger partial charge on any atom is 0.251 e. The summed E-state index contributed by atoms with van der Waals surface area (Å²) in [6.07, 6.45) is 2.62. The van der Waals surface area contributed by atoms with Crippen molar-refractivity contribution in [3.8, 4) is 0 Å². The molecule has 22 heavy (non-hydrogen) atoms. The normalized spacial score (nSPS) is 14.0. The maximum absolute atomic E-state index is 11.9. The molecule has 1 aromatic rings. The summed E-state index contributed by atoms with van der Waals surface area (Å²) in [6.45, 7) is 2.17. The van der Waals surface area contributed by atoms with Crippen LogP contribution in [0.4, 0.5) is 0 Å². The van der Waals surface area contributed by atoms with Crippen molar-refractivity contribution in [1.29, 1.82) is 0 Å². The molecule has 1 fully saturated rings. The lowest BCUT2D eigenvalue weighted by Gasteiger charge is -2.12. The summed E-state index contributed by atoms with van der Waals surface area (Å²) in [7, 11) is 1.75. The number of hydrogen-bond acceptors (Lipinski definition) is 2. The van der Waals surface area contributed by atoms with Crippen molar-refractivity contribution < 1.29 is 4.79 Å². The number of guanidine groups is 1. The molecule has 0 aromatic heterocycles. The highest BCUT2D eigenvalue weighted by molar-refractivity contribution is 14.0. The Morgan fingerprint density at radius 2 is 2.00 bits per heavy atom.